The minimum Gasteiger partial charge on any atom is -0.327 e. The Kier molecular flexibility index (Phi) is 2.46. The predicted octanol–water partition coefficient (Wildman–Crippen LogP) is 3.10. The molecule has 0 atom stereocenters. The van der Waals surface area contributed by atoms with Gasteiger partial charge >= 0.3 is 0 Å². The number of alkyl halides is 1. The molecule has 0 radical (unpaired) electrons. The van der Waals surface area contributed by atoms with Crippen molar-refractivity contribution in [2.45, 2.75) is 26.3 Å². The molecule has 3 heteroatoms. The lowest BCUT2D eigenvalue weighted by Gasteiger charge is -2.02. The fourth-order valence-electron chi connectivity index (χ4n) is 1.74. The first kappa shape index (κ1) is 9.53. The first-order valence-electron chi connectivity index (χ1n) is 4.78. The van der Waals surface area contributed by atoms with Crippen molar-refractivity contribution in [1.82, 2.24) is 9.55 Å². The molecule has 0 fully saturated rings. The molecule has 74 valence electrons. The highest BCUT2D eigenvalue weighted by atomic mass is 35.5. The van der Waals surface area contributed by atoms with Crippen molar-refractivity contribution in [3.8, 4) is 0 Å². The lowest BCUT2D eigenvalue weighted by molar-refractivity contribution is 0.747. The molecule has 0 unspecified atom stereocenters. The number of nitrogens with zero attached hydrogens (tertiary/aromatic N) is 2. The fourth-order valence-corrected chi connectivity index (χ4v) is 1.95. The van der Waals surface area contributed by atoms with E-state index in [-0.39, 0.29) is 0 Å². The number of hydrogen-bond donors (Lipinski definition) is 0. The zero-order valence-electron chi connectivity index (χ0n) is 8.42. The monoisotopic (exact) mass is 208 g/mol. The topological polar surface area (TPSA) is 17.8 Å². The van der Waals surface area contributed by atoms with E-state index in [1.807, 2.05) is 0 Å². The lowest BCUT2D eigenvalue weighted by Crippen LogP contribution is -1.98. The molecule has 2 rings (SSSR count). The summed E-state index contributed by atoms with van der Waals surface area (Å²) < 4.78 is 2.15. The van der Waals surface area contributed by atoms with E-state index in [0.29, 0.717) is 5.88 Å². The Bertz CT molecular complexity index is 460. The summed E-state index contributed by atoms with van der Waals surface area (Å²) >= 11 is 5.84. The molecule has 2 nitrogen and oxygen atoms in total. The molecule has 0 bridgehead atoms. The van der Waals surface area contributed by atoms with Gasteiger partial charge in [-0.1, -0.05) is 6.07 Å². The first-order valence-corrected chi connectivity index (χ1v) is 5.31. The maximum atomic E-state index is 5.84. The average Bonchev–Trinajstić information content (AvgIpc) is 2.54. The van der Waals surface area contributed by atoms with Crippen LogP contribution in [0.5, 0.6) is 0 Å². The number of rotatable bonds is 2. The van der Waals surface area contributed by atoms with Crippen molar-refractivity contribution >= 4 is 22.6 Å². The average molecular weight is 209 g/mol. The van der Waals surface area contributed by atoms with Gasteiger partial charge in [-0.15, -0.1) is 11.6 Å². The van der Waals surface area contributed by atoms with Crippen LogP contribution in [0.25, 0.3) is 11.0 Å². The summed E-state index contributed by atoms with van der Waals surface area (Å²) in [6, 6.07) is 6.31. The number of benzene rings is 1. The van der Waals surface area contributed by atoms with Gasteiger partial charge in [0.15, 0.2) is 0 Å². The summed E-state index contributed by atoms with van der Waals surface area (Å²) in [7, 11) is 0. The van der Waals surface area contributed by atoms with E-state index < -0.39 is 0 Å². The molecule has 14 heavy (non-hydrogen) atoms. The molecule has 1 aromatic carbocycles. The van der Waals surface area contributed by atoms with Crippen LogP contribution >= 0.6 is 11.6 Å². The second-order valence-electron chi connectivity index (χ2n) is 3.40. The van der Waals surface area contributed by atoms with Crippen LogP contribution < -0.4 is 0 Å². The van der Waals surface area contributed by atoms with Crippen LogP contribution in [-0.4, -0.2) is 9.55 Å². The summed E-state index contributed by atoms with van der Waals surface area (Å²) in [4.78, 5) is 4.49. The van der Waals surface area contributed by atoms with E-state index in [1.165, 1.54) is 11.1 Å². The van der Waals surface area contributed by atoms with E-state index in [0.717, 1.165) is 17.9 Å². The van der Waals surface area contributed by atoms with Crippen molar-refractivity contribution < 1.29 is 0 Å². The number of aromatic nitrogens is 2. The number of imidazole rings is 1. The molecule has 0 spiro atoms. The standard InChI is InChI=1S/C11H13ClN2/c1-3-14-10-5-4-8(2)6-9(10)13-11(14)7-12/h4-6H,3,7H2,1-2H3. The molecule has 0 saturated heterocycles. The highest BCUT2D eigenvalue weighted by Crippen LogP contribution is 2.18. The van der Waals surface area contributed by atoms with Gasteiger partial charge in [-0.2, -0.15) is 0 Å². The van der Waals surface area contributed by atoms with Crippen LogP contribution in [0, 0.1) is 6.92 Å². The Morgan fingerprint density at radius 2 is 2.21 bits per heavy atom. The minimum absolute atomic E-state index is 0.474. The van der Waals surface area contributed by atoms with Gasteiger partial charge in [-0.25, -0.2) is 4.98 Å². The Hall–Kier alpha value is -1.02. The van der Waals surface area contributed by atoms with Crippen molar-refractivity contribution in [1.29, 1.82) is 0 Å². The van der Waals surface area contributed by atoms with Crippen LogP contribution in [0.4, 0.5) is 0 Å². The number of hydrogen-bond acceptors (Lipinski definition) is 1. The highest BCUT2D eigenvalue weighted by molar-refractivity contribution is 6.16. The Morgan fingerprint density at radius 1 is 1.43 bits per heavy atom. The smallest absolute Gasteiger partial charge is 0.124 e. The second-order valence-corrected chi connectivity index (χ2v) is 3.67. The van der Waals surface area contributed by atoms with E-state index in [2.05, 4.69) is 41.6 Å². The molecule has 2 aromatic rings. The van der Waals surface area contributed by atoms with Crippen LogP contribution in [0.2, 0.25) is 0 Å². The predicted molar refractivity (Wildman–Crippen MR) is 59.7 cm³/mol. The maximum Gasteiger partial charge on any atom is 0.124 e. The molecule has 0 aliphatic heterocycles. The number of fused-ring (bicyclic) bond motifs is 1. The molecular weight excluding hydrogens is 196 g/mol. The third-order valence-electron chi connectivity index (χ3n) is 2.42. The van der Waals surface area contributed by atoms with Gasteiger partial charge in [0.25, 0.3) is 0 Å². The molecule has 1 aromatic heterocycles. The van der Waals surface area contributed by atoms with Crippen molar-refractivity contribution in [2.24, 2.45) is 0 Å². The van der Waals surface area contributed by atoms with Gasteiger partial charge in [-0.05, 0) is 31.5 Å². The van der Waals surface area contributed by atoms with Crippen molar-refractivity contribution in [3.63, 3.8) is 0 Å². The lowest BCUT2D eigenvalue weighted by atomic mass is 10.2. The van der Waals surface area contributed by atoms with Crippen LogP contribution in [0.15, 0.2) is 18.2 Å². The summed E-state index contributed by atoms with van der Waals surface area (Å²) in [5.74, 6) is 1.43. The summed E-state index contributed by atoms with van der Waals surface area (Å²) in [6.45, 7) is 5.10. The SMILES string of the molecule is CCn1c(CCl)nc2cc(C)ccc21. The largest absolute Gasteiger partial charge is 0.327 e. The fraction of sp³-hybridized carbons (Fsp3) is 0.364. The Labute approximate surface area is 88.5 Å². The normalized spacial score (nSPS) is 11.1. The molecular formula is C11H13ClN2. The molecule has 0 aliphatic carbocycles. The van der Waals surface area contributed by atoms with Gasteiger partial charge < -0.3 is 4.57 Å². The summed E-state index contributed by atoms with van der Waals surface area (Å²) in [5.41, 5.74) is 3.45. The number of aryl methyl sites for hydroxylation is 2. The van der Waals surface area contributed by atoms with Gasteiger partial charge in [0.05, 0.1) is 16.9 Å². The van der Waals surface area contributed by atoms with E-state index in [1.54, 1.807) is 0 Å². The summed E-state index contributed by atoms with van der Waals surface area (Å²) in [6.07, 6.45) is 0. The maximum absolute atomic E-state index is 5.84. The number of halogens is 1. The first-order chi connectivity index (χ1) is 6.76. The molecule has 1 heterocycles. The third-order valence-corrected chi connectivity index (χ3v) is 2.66. The van der Waals surface area contributed by atoms with E-state index in [4.69, 9.17) is 11.6 Å². The van der Waals surface area contributed by atoms with E-state index in [9.17, 15) is 0 Å². The molecule has 0 aliphatic rings. The second kappa shape index (κ2) is 3.62. The van der Waals surface area contributed by atoms with Gasteiger partial charge in [0.2, 0.25) is 0 Å². The van der Waals surface area contributed by atoms with Crippen LogP contribution in [-0.2, 0) is 12.4 Å². The Balaban J connectivity index is 2.73. The third kappa shape index (κ3) is 1.40. The highest BCUT2D eigenvalue weighted by Gasteiger charge is 2.07. The van der Waals surface area contributed by atoms with Crippen LogP contribution in [0.3, 0.4) is 0 Å². The zero-order valence-corrected chi connectivity index (χ0v) is 9.17. The molecule has 0 N–H and O–H groups in total. The minimum atomic E-state index is 0.474. The van der Waals surface area contributed by atoms with Crippen LogP contribution in [0.1, 0.15) is 18.3 Å². The zero-order chi connectivity index (χ0) is 10.1. The van der Waals surface area contributed by atoms with E-state index >= 15 is 0 Å². The van der Waals surface area contributed by atoms with Gasteiger partial charge in [0.1, 0.15) is 5.82 Å². The Morgan fingerprint density at radius 3 is 2.86 bits per heavy atom. The van der Waals surface area contributed by atoms with Gasteiger partial charge in [-0.3, -0.25) is 0 Å². The molecule has 0 saturated carbocycles. The van der Waals surface area contributed by atoms with Crippen molar-refractivity contribution in [2.75, 3.05) is 0 Å². The summed E-state index contributed by atoms with van der Waals surface area (Å²) in [5, 5.41) is 0. The van der Waals surface area contributed by atoms with Crippen molar-refractivity contribution in [3.05, 3.63) is 29.6 Å². The molecule has 0 amide bonds. The van der Waals surface area contributed by atoms with Gasteiger partial charge in [0, 0.05) is 6.54 Å². The quantitative estimate of drug-likeness (QED) is 0.694.